The van der Waals surface area contributed by atoms with Crippen molar-refractivity contribution < 1.29 is 14.1 Å². The van der Waals surface area contributed by atoms with Crippen LogP contribution in [0.25, 0.3) is 0 Å². The van der Waals surface area contributed by atoms with Crippen LogP contribution in [0.1, 0.15) is 44.4 Å². The third-order valence-corrected chi connectivity index (χ3v) is 4.91. The van der Waals surface area contributed by atoms with E-state index in [1.54, 1.807) is 0 Å². The normalized spacial score (nSPS) is 22.3. The summed E-state index contributed by atoms with van der Waals surface area (Å²) in [6.07, 6.45) is 2.58. The van der Waals surface area contributed by atoms with Crippen molar-refractivity contribution in [1.82, 2.24) is 19.9 Å². The Bertz CT molecular complexity index is 519. The number of nitrogens with zero attached hydrogens (tertiary/aromatic N) is 4. The summed E-state index contributed by atoms with van der Waals surface area (Å²) in [7, 11) is 0. The predicted molar refractivity (Wildman–Crippen MR) is 83.8 cm³/mol. The summed E-state index contributed by atoms with van der Waals surface area (Å²) in [5.41, 5.74) is 0. The third-order valence-electron chi connectivity index (χ3n) is 4.91. The molecule has 3 rings (SSSR count). The van der Waals surface area contributed by atoms with Gasteiger partial charge in [-0.3, -0.25) is 9.69 Å². The van der Waals surface area contributed by atoms with Crippen molar-refractivity contribution >= 4 is 5.91 Å². The second kappa shape index (κ2) is 7.40. The molecule has 0 bridgehead atoms. The van der Waals surface area contributed by atoms with Crippen molar-refractivity contribution in [2.45, 2.75) is 39.2 Å². The first-order valence-electron chi connectivity index (χ1n) is 8.62. The molecular formula is C16H26N4O3. The van der Waals surface area contributed by atoms with Crippen LogP contribution in [-0.2, 0) is 16.0 Å². The number of hydrogen-bond donors (Lipinski definition) is 0. The summed E-state index contributed by atoms with van der Waals surface area (Å²) < 4.78 is 10.7. The van der Waals surface area contributed by atoms with Crippen LogP contribution < -0.4 is 0 Å². The molecule has 1 aromatic heterocycles. The van der Waals surface area contributed by atoms with Crippen molar-refractivity contribution in [2.75, 3.05) is 39.4 Å². The number of hydrogen-bond acceptors (Lipinski definition) is 6. The number of carbonyl (C=O) groups excluding carboxylic acids is 1. The number of carbonyl (C=O) groups is 1. The topological polar surface area (TPSA) is 71.7 Å². The standard InChI is InChI=1S/C16H26N4O3/c1-3-14-17-15(23-18-14)12(2)19-6-4-13(5-7-19)16(21)20-8-10-22-11-9-20/h12-13H,3-11H2,1-2H3. The van der Waals surface area contributed by atoms with Gasteiger partial charge in [0.15, 0.2) is 5.82 Å². The number of rotatable bonds is 4. The van der Waals surface area contributed by atoms with Crippen molar-refractivity contribution in [3.8, 4) is 0 Å². The van der Waals surface area contributed by atoms with Gasteiger partial charge in [0, 0.05) is 25.4 Å². The van der Waals surface area contributed by atoms with E-state index in [2.05, 4.69) is 22.0 Å². The maximum atomic E-state index is 12.6. The van der Waals surface area contributed by atoms with Crippen molar-refractivity contribution in [2.24, 2.45) is 5.92 Å². The van der Waals surface area contributed by atoms with Gasteiger partial charge in [-0.05, 0) is 32.9 Å². The molecule has 7 nitrogen and oxygen atoms in total. The van der Waals surface area contributed by atoms with E-state index in [0.717, 1.165) is 51.3 Å². The third kappa shape index (κ3) is 3.72. The lowest BCUT2D eigenvalue weighted by Gasteiger charge is -2.37. The van der Waals surface area contributed by atoms with Gasteiger partial charge >= 0.3 is 0 Å². The molecule has 0 saturated carbocycles. The maximum absolute atomic E-state index is 12.6. The molecule has 2 fully saturated rings. The average Bonchev–Trinajstić information content (AvgIpc) is 3.10. The zero-order valence-electron chi connectivity index (χ0n) is 14.0. The van der Waals surface area contributed by atoms with Crippen LogP contribution in [0.3, 0.4) is 0 Å². The molecule has 128 valence electrons. The monoisotopic (exact) mass is 322 g/mol. The summed E-state index contributed by atoms with van der Waals surface area (Å²) in [5.74, 6) is 1.88. The SMILES string of the molecule is CCc1noc(C(C)N2CCC(C(=O)N3CCOCC3)CC2)n1. The van der Waals surface area contributed by atoms with Gasteiger partial charge in [0.25, 0.3) is 0 Å². The molecule has 1 amide bonds. The van der Waals surface area contributed by atoms with Gasteiger partial charge in [-0.2, -0.15) is 4.98 Å². The summed E-state index contributed by atoms with van der Waals surface area (Å²) in [4.78, 5) is 21.3. The minimum absolute atomic E-state index is 0.113. The number of piperidine rings is 1. The highest BCUT2D eigenvalue weighted by Crippen LogP contribution is 2.27. The Labute approximate surface area is 137 Å². The van der Waals surface area contributed by atoms with Crippen LogP contribution in [0.2, 0.25) is 0 Å². The molecule has 0 N–H and O–H groups in total. The van der Waals surface area contributed by atoms with Gasteiger partial charge < -0.3 is 14.2 Å². The van der Waals surface area contributed by atoms with Gasteiger partial charge in [0.2, 0.25) is 11.8 Å². The number of aromatic nitrogens is 2. The Hall–Kier alpha value is -1.47. The lowest BCUT2D eigenvalue weighted by molar-refractivity contribution is -0.141. The summed E-state index contributed by atoms with van der Waals surface area (Å²) in [6.45, 7) is 8.70. The summed E-state index contributed by atoms with van der Waals surface area (Å²) in [6, 6.07) is 0.113. The minimum Gasteiger partial charge on any atom is -0.378 e. The molecule has 2 aliphatic rings. The van der Waals surface area contributed by atoms with E-state index in [0.29, 0.717) is 25.0 Å². The van der Waals surface area contributed by atoms with E-state index in [-0.39, 0.29) is 12.0 Å². The Kier molecular flexibility index (Phi) is 5.27. The Balaban J connectivity index is 1.52. The van der Waals surface area contributed by atoms with E-state index >= 15 is 0 Å². The lowest BCUT2D eigenvalue weighted by Crippen LogP contribution is -2.47. The second-order valence-electron chi connectivity index (χ2n) is 6.33. The molecule has 0 spiro atoms. The highest BCUT2D eigenvalue weighted by Gasteiger charge is 2.32. The average molecular weight is 322 g/mol. The molecule has 0 aliphatic carbocycles. The van der Waals surface area contributed by atoms with E-state index in [9.17, 15) is 4.79 Å². The molecule has 0 radical (unpaired) electrons. The summed E-state index contributed by atoms with van der Waals surface area (Å²) >= 11 is 0. The predicted octanol–water partition coefficient (Wildman–Crippen LogP) is 1.26. The quantitative estimate of drug-likeness (QED) is 0.831. The highest BCUT2D eigenvalue weighted by molar-refractivity contribution is 5.79. The zero-order chi connectivity index (χ0) is 16.2. The molecule has 2 aliphatic heterocycles. The van der Waals surface area contributed by atoms with Crippen LogP contribution in [0.15, 0.2) is 4.52 Å². The summed E-state index contributed by atoms with van der Waals surface area (Å²) in [5, 5.41) is 3.97. The van der Waals surface area contributed by atoms with Gasteiger partial charge in [-0.25, -0.2) is 0 Å². The molecule has 23 heavy (non-hydrogen) atoms. The molecule has 1 unspecified atom stereocenters. The lowest BCUT2D eigenvalue weighted by atomic mass is 9.94. The Morgan fingerprint density at radius 3 is 2.57 bits per heavy atom. The smallest absolute Gasteiger partial charge is 0.243 e. The van der Waals surface area contributed by atoms with Gasteiger partial charge in [-0.15, -0.1) is 0 Å². The van der Waals surface area contributed by atoms with E-state index in [1.807, 2.05) is 11.8 Å². The van der Waals surface area contributed by atoms with Crippen molar-refractivity contribution in [3.63, 3.8) is 0 Å². The molecule has 2 saturated heterocycles. The zero-order valence-corrected chi connectivity index (χ0v) is 14.0. The van der Waals surface area contributed by atoms with Gasteiger partial charge in [0.1, 0.15) is 0 Å². The van der Waals surface area contributed by atoms with E-state index in [4.69, 9.17) is 9.26 Å². The van der Waals surface area contributed by atoms with Crippen molar-refractivity contribution in [1.29, 1.82) is 0 Å². The largest absolute Gasteiger partial charge is 0.378 e. The highest BCUT2D eigenvalue weighted by atomic mass is 16.5. The molecule has 0 aromatic carbocycles. The first-order chi connectivity index (χ1) is 11.2. The fraction of sp³-hybridized carbons (Fsp3) is 0.812. The number of aryl methyl sites for hydroxylation is 1. The van der Waals surface area contributed by atoms with E-state index < -0.39 is 0 Å². The number of ether oxygens (including phenoxy) is 1. The van der Waals surface area contributed by atoms with Crippen molar-refractivity contribution in [3.05, 3.63) is 11.7 Å². The maximum Gasteiger partial charge on any atom is 0.243 e. The van der Waals surface area contributed by atoms with Gasteiger partial charge in [0.05, 0.1) is 19.3 Å². The molecule has 3 heterocycles. The van der Waals surface area contributed by atoms with Crippen LogP contribution in [0, 0.1) is 5.92 Å². The first kappa shape index (κ1) is 16.4. The second-order valence-corrected chi connectivity index (χ2v) is 6.33. The Morgan fingerprint density at radius 1 is 1.26 bits per heavy atom. The number of amides is 1. The van der Waals surface area contributed by atoms with Crippen LogP contribution >= 0.6 is 0 Å². The number of morpholine rings is 1. The fourth-order valence-electron chi connectivity index (χ4n) is 3.31. The van der Waals surface area contributed by atoms with Crippen LogP contribution in [-0.4, -0.2) is 65.2 Å². The van der Waals surface area contributed by atoms with Crippen LogP contribution in [0.5, 0.6) is 0 Å². The fourth-order valence-corrected chi connectivity index (χ4v) is 3.31. The number of likely N-dealkylation sites (tertiary alicyclic amines) is 1. The van der Waals surface area contributed by atoms with E-state index in [1.165, 1.54) is 0 Å². The Morgan fingerprint density at radius 2 is 1.96 bits per heavy atom. The molecule has 1 atom stereocenters. The molecular weight excluding hydrogens is 296 g/mol. The van der Waals surface area contributed by atoms with Crippen LogP contribution in [0.4, 0.5) is 0 Å². The van der Waals surface area contributed by atoms with Gasteiger partial charge in [-0.1, -0.05) is 12.1 Å². The first-order valence-corrected chi connectivity index (χ1v) is 8.62. The minimum atomic E-state index is 0.113. The molecule has 1 aromatic rings. The molecule has 7 heteroatoms.